The van der Waals surface area contributed by atoms with Crippen molar-refractivity contribution < 1.29 is 0 Å². The molecule has 0 aromatic carbocycles. The van der Waals surface area contributed by atoms with Crippen LogP contribution in [0, 0.1) is 0 Å². The van der Waals surface area contributed by atoms with E-state index >= 15 is 0 Å². The summed E-state index contributed by atoms with van der Waals surface area (Å²) in [7, 11) is 0. The fourth-order valence-electron chi connectivity index (χ4n) is 0.802. The minimum atomic E-state index is -0.212. The quantitative estimate of drug-likeness (QED) is 0.644. The van der Waals surface area contributed by atoms with Gasteiger partial charge >= 0.3 is 0 Å². The van der Waals surface area contributed by atoms with Gasteiger partial charge in [-0.2, -0.15) is 0 Å². The molecule has 0 radical (unpaired) electrons. The van der Waals surface area contributed by atoms with Crippen LogP contribution in [0.4, 0.5) is 0 Å². The molecule has 0 saturated carbocycles. The van der Waals surface area contributed by atoms with Gasteiger partial charge in [-0.1, -0.05) is 17.7 Å². The first-order valence-electron chi connectivity index (χ1n) is 3.31. The molecule has 0 amide bonds. The molecule has 0 aliphatic carbocycles. The molecule has 0 aliphatic rings. The Kier molecular flexibility index (Phi) is 2.82. The van der Waals surface area contributed by atoms with Gasteiger partial charge in [0.2, 0.25) is 0 Å². The van der Waals surface area contributed by atoms with Crippen molar-refractivity contribution in [3.63, 3.8) is 0 Å². The van der Waals surface area contributed by atoms with Gasteiger partial charge in [-0.15, -0.1) is 0 Å². The number of halogens is 1. The van der Waals surface area contributed by atoms with E-state index in [0.717, 1.165) is 5.56 Å². The molecule has 1 aromatic heterocycles. The Balaban J connectivity index is 2.93. The number of hydrogen-bond donors (Lipinski definition) is 2. The molecular weight excluding hydrogens is 162 g/mol. The van der Waals surface area contributed by atoms with Crippen molar-refractivity contribution in [1.82, 2.24) is 4.98 Å². The Morgan fingerprint density at radius 1 is 1.64 bits per heavy atom. The molecular formula is C7H10ClN3. The Morgan fingerprint density at radius 3 is 2.91 bits per heavy atom. The van der Waals surface area contributed by atoms with Gasteiger partial charge in [-0.3, -0.25) is 0 Å². The highest BCUT2D eigenvalue weighted by molar-refractivity contribution is 6.30. The van der Waals surface area contributed by atoms with Crippen LogP contribution in [0.1, 0.15) is 11.6 Å². The van der Waals surface area contributed by atoms with Gasteiger partial charge in [-0.25, -0.2) is 4.98 Å². The summed E-state index contributed by atoms with van der Waals surface area (Å²) in [6.07, 6.45) is 1.62. The summed E-state index contributed by atoms with van der Waals surface area (Å²) in [5.74, 6) is 0. The molecule has 4 N–H and O–H groups in total. The minimum Gasteiger partial charge on any atom is -0.329 e. The van der Waals surface area contributed by atoms with E-state index in [1.165, 1.54) is 0 Å². The fourth-order valence-corrected chi connectivity index (χ4v) is 1.06. The molecule has 0 spiro atoms. The van der Waals surface area contributed by atoms with Crippen LogP contribution in [0.3, 0.4) is 0 Å². The summed E-state index contributed by atoms with van der Waals surface area (Å²) in [6, 6.07) is 3.40. The van der Waals surface area contributed by atoms with E-state index in [9.17, 15) is 0 Å². The highest BCUT2D eigenvalue weighted by Gasteiger charge is 2.07. The van der Waals surface area contributed by atoms with E-state index in [1.54, 1.807) is 12.3 Å². The van der Waals surface area contributed by atoms with Crippen LogP contribution in [0.2, 0.25) is 5.15 Å². The lowest BCUT2D eigenvalue weighted by Crippen LogP contribution is -2.21. The van der Waals surface area contributed by atoms with Crippen molar-refractivity contribution in [2.24, 2.45) is 11.5 Å². The molecule has 0 aliphatic heterocycles. The predicted molar refractivity (Wildman–Crippen MR) is 45.2 cm³/mol. The molecule has 1 atom stereocenters. The zero-order valence-corrected chi connectivity index (χ0v) is 6.75. The van der Waals surface area contributed by atoms with Crippen LogP contribution in [0.25, 0.3) is 0 Å². The monoisotopic (exact) mass is 171 g/mol. The van der Waals surface area contributed by atoms with Crippen LogP contribution < -0.4 is 11.5 Å². The number of pyridine rings is 1. The third-order valence-corrected chi connectivity index (χ3v) is 1.76. The predicted octanol–water partition coefficient (Wildman–Crippen LogP) is 0.693. The average Bonchev–Trinajstić information content (AvgIpc) is 2.04. The van der Waals surface area contributed by atoms with E-state index in [1.807, 2.05) is 6.07 Å². The summed E-state index contributed by atoms with van der Waals surface area (Å²) in [5, 5.41) is 0.436. The van der Waals surface area contributed by atoms with Gasteiger partial charge in [0.25, 0.3) is 0 Å². The van der Waals surface area contributed by atoms with Crippen LogP contribution in [0.5, 0.6) is 0 Å². The van der Waals surface area contributed by atoms with Gasteiger partial charge in [0, 0.05) is 24.3 Å². The maximum Gasteiger partial charge on any atom is 0.133 e. The molecule has 0 bridgehead atoms. The van der Waals surface area contributed by atoms with Gasteiger partial charge in [-0.05, 0) is 6.07 Å². The van der Waals surface area contributed by atoms with E-state index in [-0.39, 0.29) is 6.04 Å². The summed E-state index contributed by atoms with van der Waals surface area (Å²) in [6.45, 7) is 0.380. The maximum absolute atomic E-state index is 5.75. The van der Waals surface area contributed by atoms with Crippen LogP contribution in [0.15, 0.2) is 18.3 Å². The normalized spacial score (nSPS) is 13.0. The van der Waals surface area contributed by atoms with Gasteiger partial charge < -0.3 is 11.5 Å². The van der Waals surface area contributed by atoms with Gasteiger partial charge in [0.15, 0.2) is 0 Å². The van der Waals surface area contributed by atoms with Crippen LogP contribution in [-0.2, 0) is 0 Å². The van der Waals surface area contributed by atoms with Crippen molar-refractivity contribution >= 4 is 11.6 Å². The zero-order chi connectivity index (χ0) is 8.27. The summed E-state index contributed by atoms with van der Waals surface area (Å²) in [5.41, 5.74) is 11.8. The zero-order valence-electron chi connectivity index (χ0n) is 6.00. The first-order valence-corrected chi connectivity index (χ1v) is 3.69. The second-order valence-electron chi connectivity index (χ2n) is 2.23. The van der Waals surface area contributed by atoms with Gasteiger partial charge in [0.1, 0.15) is 5.15 Å². The lowest BCUT2D eigenvalue weighted by atomic mass is 10.1. The topological polar surface area (TPSA) is 64.9 Å². The Morgan fingerprint density at radius 2 is 2.36 bits per heavy atom. The standard InChI is InChI=1S/C7H10ClN3/c8-7-5(6(10)4-9)2-1-3-11-7/h1-3,6H,4,9-10H2/t6-/m0/s1. The molecule has 0 fully saturated rings. The maximum atomic E-state index is 5.75. The third kappa shape index (κ3) is 1.89. The first-order chi connectivity index (χ1) is 5.25. The van der Waals surface area contributed by atoms with Crippen molar-refractivity contribution in [2.45, 2.75) is 6.04 Å². The molecule has 3 nitrogen and oxygen atoms in total. The SMILES string of the molecule is NC[C@H](N)c1cccnc1Cl. The molecule has 1 heterocycles. The smallest absolute Gasteiger partial charge is 0.133 e. The summed E-state index contributed by atoms with van der Waals surface area (Å²) >= 11 is 5.75. The van der Waals surface area contributed by atoms with Crippen LogP contribution >= 0.6 is 11.6 Å². The highest BCUT2D eigenvalue weighted by Crippen LogP contribution is 2.16. The van der Waals surface area contributed by atoms with E-state index < -0.39 is 0 Å². The number of aromatic nitrogens is 1. The van der Waals surface area contributed by atoms with Crippen molar-refractivity contribution in [3.05, 3.63) is 29.0 Å². The van der Waals surface area contributed by atoms with E-state index in [4.69, 9.17) is 23.1 Å². The minimum absolute atomic E-state index is 0.212. The second kappa shape index (κ2) is 3.67. The summed E-state index contributed by atoms with van der Waals surface area (Å²) in [4.78, 5) is 3.88. The Bertz CT molecular complexity index is 239. The number of rotatable bonds is 2. The molecule has 0 saturated heterocycles. The highest BCUT2D eigenvalue weighted by atomic mass is 35.5. The molecule has 60 valence electrons. The summed E-state index contributed by atoms with van der Waals surface area (Å²) < 4.78 is 0. The van der Waals surface area contributed by atoms with Gasteiger partial charge in [0.05, 0.1) is 0 Å². The molecule has 0 unspecified atom stereocenters. The Labute approximate surface area is 70.4 Å². The van der Waals surface area contributed by atoms with E-state index in [2.05, 4.69) is 4.98 Å². The number of nitrogens with zero attached hydrogens (tertiary/aromatic N) is 1. The first kappa shape index (κ1) is 8.46. The average molecular weight is 172 g/mol. The largest absolute Gasteiger partial charge is 0.329 e. The lowest BCUT2D eigenvalue weighted by molar-refractivity contribution is 0.733. The molecule has 11 heavy (non-hydrogen) atoms. The number of nitrogens with two attached hydrogens (primary N) is 2. The second-order valence-corrected chi connectivity index (χ2v) is 2.58. The molecule has 4 heteroatoms. The van der Waals surface area contributed by atoms with Crippen LogP contribution in [-0.4, -0.2) is 11.5 Å². The van der Waals surface area contributed by atoms with Crippen molar-refractivity contribution in [2.75, 3.05) is 6.54 Å². The van der Waals surface area contributed by atoms with E-state index in [0.29, 0.717) is 11.7 Å². The fraction of sp³-hybridized carbons (Fsp3) is 0.286. The Hall–Kier alpha value is -0.640. The molecule has 1 rings (SSSR count). The molecule has 1 aromatic rings. The third-order valence-electron chi connectivity index (χ3n) is 1.44. The van der Waals surface area contributed by atoms with Crippen molar-refractivity contribution in [3.8, 4) is 0 Å². The lowest BCUT2D eigenvalue weighted by Gasteiger charge is -2.08. The van der Waals surface area contributed by atoms with Crippen molar-refractivity contribution in [1.29, 1.82) is 0 Å². The number of hydrogen-bond acceptors (Lipinski definition) is 3.